The van der Waals surface area contributed by atoms with Crippen molar-refractivity contribution in [2.45, 2.75) is 25.1 Å². The Kier molecular flexibility index (Phi) is 6.10. The van der Waals surface area contributed by atoms with Crippen molar-refractivity contribution >= 4 is 11.8 Å². The molecule has 0 amide bonds. The van der Waals surface area contributed by atoms with Gasteiger partial charge in [0, 0.05) is 19.3 Å². The molecule has 4 N–H and O–H groups in total. The highest BCUT2D eigenvalue weighted by atomic mass is 32.2. The highest BCUT2D eigenvalue weighted by Crippen LogP contribution is 2.22. The lowest BCUT2D eigenvalue weighted by Gasteiger charge is -2.16. The zero-order valence-corrected chi connectivity index (χ0v) is 13.4. The lowest BCUT2D eigenvalue weighted by molar-refractivity contribution is -0.404. The second-order valence-electron chi connectivity index (χ2n) is 5.30. The maximum atomic E-state index is 10.3. The second kappa shape index (κ2) is 7.37. The van der Waals surface area contributed by atoms with E-state index >= 15 is 0 Å². The molecule has 0 aliphatic carbocycles. The molecule has 0 saturated heterocycles. The maximum Gasteiger partial charge on any atom is 0.274 e. The number of nitrogens with two attached hydrogens (primary N) is 2. The van der Waals surface area contributed by atoms with E-state index in [1.807, 2.05) is 26.0 Å². The Morgan fingerprint density at radius 2 is 2.24 bits per heavy atom. The number of furan rings is 1. The van der Waals surface area contributed by atoms with Crippen molar-refractivity contribution < 1.29 is 9.34 Å². The van der Waals surface area contributed by atoms with Gasteiger partial charge in [0.25, 0.3) is 6.20 Å². The van der Waals surface area contributed by atoms with Crippen LogP contribution in [-0.4, -0.2) is 29.2 Å². The van der Waals surface area contributed by atoms with Crippen LogP contribution in [0.3, 0.4) is 0 Å². The van der Waals surface area contributed by atoms with Gasteiger partial charge < -0.3 is 20.8 Å². The standard InChI is InChI=1S/C13H22N4O3S/c1-13(2,15)11-5-4-10(20-11)9-21-7-6-16(3)12(14)8-17(18)19/h4-5,8H,6-7,9,14-15H2,1-3H3/b12-8+. The van der Waals surface area contributed by atoms with E-state index < -0.39 is 10.5 Å². The SMILES string of the molecule is CN(CCSCc1ccc(C(C)(C)N)o1)/C(N)=C/[N+](=O)[O-]. The van der Waals surface area contributed by atoms with E-state index in [4.69, 9.17) is 15.9 Å². The fourth-order valence-corrected chi connectivity index (χ4v) is 2.42. The summed E-state index contributed by atoms with van der Waals surface area (Å²) >= 11 is 1.67. The first kappa shape index (κ1) is 17.4. The summed E-state index contributed by atoms with van der Waals surface area (Å²) in [5, 5.41) is 10.3. The molecule has 1 heterocycles. The molecule has 0 spiro atoms. The van der Waals surface area contributed by atoms with Gasteiger partial charge in [0.2, 0.25) is 0 Å². The number of rotatable bonds is 8. The van der Waals surface area contributed by atoms with Crippen LogP contribution in [-0.2, 0) is 11.3 Å². The molecule has 0 aromatic carbocycles. The van der Waals surface area contributed by atoms with E-state index in [1.165, 1.54) is 0 Å². The first-order chi connectivity index (χ1) is 9.70. The molecule has 0 radical (unpaired) electrons. The van der Waals surface area contributed by atoms with Crippen molar-refractivity contribution in [2.75, 3.05) is 19.3 Å². The fraction of sp³-hybridized carbons (Fsp3) is 0.538. The Hall–Kier alpha value is -1.67. The maximum absolute atomic E-state index is 10.3. The third kappa shape index (κ3) is 6.09. The molecular formula is C13H22N4O3S. The van der Waals surface area contributed by atoms with Gasteiger partial charge in [-0.2, -0.15) is 11.8 Å². The summed E-state index contributed by atoms with van der Waals surface area (Å²) < 4.78 is 5.67. The minimum Gasteiger partial charge on any atom is -0.463 e. The number of thioether (sulfide) groups is 1. The van der Waals surface area contributed by atoms with Gasteiger partial charge >= 0.3 is 0 Å². The van der Waals surface area contributed by atoms with E-state index in [2.05, 4.69) is 0 Å². The van der Waals surface area contributed by atoms with Crippen LogP contribution in [0.15, 0.2) is 28.6 Å². The van der Waals surface area contributed by atoms with Crippen LogP contribution < -0.4 is 11.5 Å². The normalized spacial score (nSPS) is 12.5. The summed E-state index contributed by atoms with van der Waals surface area (Å²) in [4.78, 5) is 11.4. The molecule has 1 aromatic heterocycles. The molecule has 1 aromatic rings. The molecule has 21 heavy (non-hydrogen) atoms. The third-order valence-corrected chi connectivity index (χ3v) is 3.75. The Balaban J connectivity index is 2.35. The Bertz CT molecular complexity index is 508. The molecule has 7 nitrogen and oxygen atoms in total. The van der Waals surface area contributed by atoms with Crippen LogP contribution in [0.1, 0.15) is 25.4 Å². The van der Waals surface area contributed by atoms with Crippen LogP contribution in [0.25, 0.3) is 0 Å². The van der Waals surface area contributed by atoms with Crippen molar-refractivity contribution in [2.24, 2.45) is 11.5 Å². The fourth-order valence-electron chi connectivity index (χ4n) is 1.51. The Morgan fingerprint density at radius 1 is 1.57 bits per heavy atom. The van der Waals surface area contributed by atoms with Gasteiger partial charge in [-0.15, -0.1) is 0 Å². The monoisotopic (exact) mass is 314 g/mol. The highest BCUT2D eigenvalue weighted by Gasteiger charge is 2.18. The van der Waals surface area contributed by atoms with Crippen LogP contribution in [0.2, 0.25) is 0 Å². The lowest BCUT2D eigenvalue weighted by atomic mass is 10.0. The highest BCUT2D eigenvalue weighted by molar-refractivity contribution is 7.98. The molecule has 1 rings (SSSR count). The smallest absolute Gasteiger partial charge is 0.274 e. The Morgan fingerprint density at radius 3 is 2.76 bits per heavy atom. The predicted molar refractivity (Wildman–Crippen MR) is 84.0 cm³/mol. The van der Waals surface area contributed by atoms with Gasteiger partial charge in [-0.05, 0) is 26.0 Å². The van der Waals surface area contributed by atoms with Crippen LogP contribution in [0.4, 0.5) is 0 Å². The van der Waals surface area contributed by atoms with E-state index in [9.17, 15) is 10.1 Å². The summed E-state index contributed by atoms with van der Waals surface area (Å²) in [7, 11) is 1.72. The van der Waals surface area contributed by atoms with Crippen LogP contribution in [0.5, 0.6) is 0 Å². The summed E-state index contributed by atoms with van der Waals surface area (Å²) in [6.07, 6.45) is 0.798. The average Bonchev–Trinajstić information content (AvgIpc) is 2.82. The topological polar surface area (TPSA) is 112 Å². The van der Waals surface area contributed by atoms with Gasteiger partial charge in [-0.1, -0.05) is 0 Å². The first-order valence-electron chi connectivity index (χ1n) is 6.48. The molecule has 0 bridgehead atoms. The molecule has 118 valence electrons. The largest absolute Gasteiger partial charge is 0.463 e. The molecule has 0 fully saturated rings. The van der Waals surface area contributed by atoms with Crippen molar-refractivity contribution in [3.8, 4) is 0 Å². The molecule has 8 heteroatoms. The van der Waals surface area contributed by atoms with E-state index in [0.29, 0.717) is 6.54 Å². The van der Waals surface area contributed by atoms with Crippen LogP contribution >= 0.6 is 11.8 Å². The second-order valence-corrected chi connectivity index (χ2v) is 6.41. The van der Waals surface area contributed by atoms with E-state index in [0.717, 1.165) is 29.2 Å². The number of hydrogen-bond donors (Lipinski definition) is 2. The van der Waals surface area contributed by atoms with Gasteiger partial charge in [0.1, 0.15) is 11.5 Å². The number of hydrogen-bond acceptors (Lipinski definition) is 7. The minimum absolute atomic E-state index is 0.144. The Labute approximate surface area is 128 Å². The first-order valence-corrected chi connectivity index (χ1v) is 7.63. The molecule has 0 saturated carbocycles. The molecule has 0 aliphatic rings. The summed E-state index contributed by atoms with van der Waals surface area (Å²) in [5.41, 5.74) is 11.0. The molecule has 0 unspecified atom stereocenters. The summed E-state index contributed by atoms with van der Waals surface area (Å²) in [6.45, 7) is 4.40. The van der Waals surface area contributed by atoms with Gasteiger partial charge in [-0.3, -0.25) is 10.1 Å². The third-order valence-electron chi connectivity index (χ3n) is 2.79. The van der Waals surface area contributed by atoms with Crippen molar-refractivity contribution in [1.29, 1.82) is 0 Å². The zero-order valence-electron chi connectivity index (χ0n) is 12.5. The number of nitro groups is 1. The van der Waals surface area contributed by atoms with Gasteiger partial charge in [0.05, 0.1) is 16.2 Å². The van der Waals surface area contributed by atoms with Crippen molar-refractivity contribution in [3.63, 3.8) is 0 Å². The summed E-state index contributed by atoms with van der Waals surface area (Å²) in [5.74, 6) is 3.28. The summed E-state index contributed by atoms with van der Waals surface area (Å²) in [6, 6.07) is 3.81. The number of nitrogens with zero attached hydrogens (tertiary/aromatic N) is 2. The average molecular weight is 314 g/mol. The minimum atomic E-state index is -0.558. The van der Waals surface area contributed by atoms with Crippen molar-refractivity contribution in [3.05, 3.63) is 45.8 Å². The lowest BCUT2D eigenvalue weighted by Crippen LogP contribution is -2.27. The molecular weight excluding hydrogens is 292 g/mol. The quantitative estimate of drug-likeness (QED) is 0.426. The van der Waals surface area contributed by atoms with Crippen molar-refractivity contribution in [1.82, 2.24) is 4.90 Å². The predicted octanol–water partition coefficient (Wildman–Crippen LogP) is 1.67. The van der Waals surface area contributed by atoms with E-state index in [-0.39, 0.29) is 5.82 Å². The molecule has 0 atom stereocenters. The van der Waals surface area contributed by atoms with Gasteiger partial charge in [0.15, 0.2) is 5.82 Å². The van der Waals surface area contributed by atoms with Crippen LogP contribution in [0, 0.1) is 10.1 Å². The molecule has 0 aliphatic heterocycles. The van der Waals surface area contributed by atoms with Gasteiger partial charge in [-0.25, -0.2) is 0 Å². The van der Waals surface area contributed by atoms with E-state index in [1.54, 1.807) is 23.7 Å². The zero-order chi connectivity index (χ0) is 16.0.